The molecule has 0 amide bonds. The molecule has 3 aromatic rings. The van der Waals surface area contributed by atoms with Gasteiger partial charge in [-0.2, -0.15) is 10.1 Å². The van der Waals surface area contributed by atoms with Crippen LogP contribution >= 0.6 is 11.6 Å². The smallest absolute Gasteiger partial charge is 0.267 e. The summed E-state index contributed by atoms with van der Waals surface area (Å²) < 4.78 is 29.6. The van der Waals surface area contributed by atoms with Gasteiger partial charge in [0.15, 0.2) is 0 Å². The van der Waals surface area contributed by atoms with E-state index in [1.54, 1.807) is 13.1 Å². The zero-order chi connectivity index (χ0) is 16.4. The number of aryl methyl sites for hydroxylation is 1. The van der Waals surface area contributed by atoms with Crippen molar-refractivity contribution in [3.63, 3.8) is 0 Å². The summed E-state index contributed by atoms with van der Waals surface area (Å²) in [5, 5.41) is 8.56. The van der Waals surface area contributed by atoms with E-state index in [9.17, 15) is 8.42 Å². The molecule has 0 atom stereocenters. The topological polar surface area (TPSA) is 94.7 Å². The zero-order valence-corrected chi connectivity index (χ0v) is 13.7. The van der Waals surface area contributed by atoms with Gasteiger partial charge in [-0.05, 0) is 17.7 Å². The van der Waals surface area contributed by atoms with Gasteiger partial charge < -0.3 is 0 Å². The van der Waals surface area contributed by atoms with Crippen molar-refractivity contribution in [3.05, 3.63) is 53.6 Å². The lowest BCUT2D eigenvalue weighted by Gasteiger charge is -2.02. The molecular formula is C13H13ClN6O2S. The van der Waals surface area contributed by atoms with Gasteiger partial charge in [0.05, 0.1) is 12.7 Å². The second-order valence-electron chi connectivity index (χ2n) is 4.85. The number of hydrogen-bond donors (Lipinski definition) is 1. The van der Waals surface area contributed by atoms with Crippen LogP contribution in [0.3, 0.4) is 0 Å². The highest BCUT2D eigenvalue weighted by molar-refractivity contribution is 7.92. The molecule has 8 nitrogen and oxygen atoms in total. The molecule has 0 spiro atoms. The molecule has 0 fully saturated rings. The second kappa shape index (κ2) is 6.01. The average Bonchev–Trinajstić information content (AvgIpc) is 3.08. The summed E-state index contributed by atoms with van der Waals surface area (Å²) in [5.74, 6) is -0.00381. The van der Waals surface area contributed by atoms with Crippen LogP contribution in [0.25, 0.3) is 0 Å². The van der Waals surface area contributed by atoms with E-state index in [0.29, 0.717) is 11.6 Å². The van der Waals surface area contributed by atoms with Gasteiger partial charge >= 0.3 is 0 Å². The lowest BCUT2D eigenvalue weighted by Crippen LogP contribution is -2.14. The summed E-state index contributed by atoms with van der Waals surface area (Å²) in [6.07, 6.45) is 4.10. The highest BCUT2D eigenvalue weighted by atomic mass is 35.5. The highest BCUT2D eigenvalue weighted by Gasteiger charge is 2.18. The predicted molar refractivity (Wildman–Crippen MR) is 84.6 cm³/mol. The first-order valence-corrected chi connectivity index (χ1v) is 8.44. The summed E-state index contributed by atoms with van der Waals surface area (Å²) in [5.41, 5.74) is 0.934. The fraction of sp³-hybridized carbons (Fsp3) is 0.154. The number of halogens is 1. The van der Waals surface area contributed by atoms with Crippen LogP contribution in [0.1, 0.15) is 5.56 Å². The Morgan fingerprint density at radius 2 is 2.17 bits per heavy atom. The highest BCUT2D eigenvalue weighted by Crippen LogP contribution is 2.13. The van der Waals surface area contributed by atoms with Gasteiger partial charge in [0.1, 0.15) is 11.2 Å². The average molecular weight is 353 g/mol. The number of rotatable bonds is 5. The Hall–Kier alpha value is -2.39. The monoisotopic (exact) mass is 352 g/mol. The van der Waals surface area contributed by atoms with E-state index >= 15 is 0 Å². The molecule has 1 aromatic carbocycles. The van der Waals surface area contributed by atoms with Crippen molar-refractivity contribution in [3.8, 4) is 0 Å². The van der Waals surface area contributed by atoms with E-state index in [2.05, 4.69) is 19.9 Å². The third kappa shape index (κ3) is 3.69. The maximum absolute atomic E-state index is 12.2. The Labute approximate surface area is 137 Å². The van der Waals surface area contributed by atoms with Crippen molar-refractivity contribution in [2.45, 2.75) is 11.4 Å². The third-order valence-electron chi connectivity index (χ3n) is 2.99. The molecule has 3 rings (SSSR count). The summed E-state index contributed by atoms with van der Waals surface area (Å²) in [6.45, 7) is 0.433. The molecule has 0 saturated carbocycles. The van der Waals surface area contributed by atoms with E-state index in [-0.39, 0.29) is 10.8 Å². The fourth-order valence-corrected chi connectivity index (χ4v) is 3.10. The summed E-state index contributed by atoms with van der Waals surface area (Å²) >= 11 is 5.93. The maximum Gasteiger partial charge on any atom is 0.267 e. The van der Waals surface area contributed by atoms with E-state index in [4.69, 9.17) is 11.6 Å². The van der Waals surface area contributed by atoms with Crippen molar-refractivity contribution in [2.24, 2.45) is 7.05 Å². The van der Waals surface area contributed by atoms with E-state index in [1.165, 1.54) is 28.1 Å². The number of anilines is 1. The maximum atomic E-state index is 12.2. The van der Waals surface area contributed by atoms with Gasteiger partial charge in [-0.25, -0.2) is 17.8 Å². The molecule has 0 aliphatic heterocycles. The van der Waals surface area contributed by atoms with Crippen LogP contribution in [0.2, 0.25) is 5.02 Å². The molecule has 0 radical (unpaired) electrons. The Bertz CT molecular complexity index is 933. The van der Waals surface area contributed by atoms with E-state index < -0.39 is 10.0 Å². The standard InChI is InChI=1S/C13H13ClN6O2S/c1-19-8-12(6-16-19)23(21,22)18-13-15-9-20(17-13)7-10-3-2-4-11(14)5-10/h2-6,8-9H,7H2,1H3,(H,17,18). The first-order chi connectivity index (χ1) is 10.9. The Morgan fingerprint density at radius 1 is 1.35 bits per heavy atom. The number of nitrogens with one attached hydrogen (secondary N) is 1. The predicted octanol–water partition coefficient (Wildman–Crippen LogP) is 1.51. The minimum Gasteiger partial charge on any atom is -0.274 e. The van der Waals surface area contributed by atoms with Crippen LogP contribution < -0.4 is 4.72 Å². The Kier molecular flexibility index (Phi) is 4.05. The van der Waals surface area contributed by atoms with Crippen molar-refractivity contribution in [1.29, 1.82) is 0 Å². The second-order valence-corrected chi connectivity index (χ2v) is 6.97. The number of nitrogens with zero attached hydrogens (tertiary/aromatic N) is 5. The Balaban J connectivity index is 1.74. The molecular weight excluding hydrogens is 340 g/mol. The molecule has 10 heteroatoms. The number of benzene rings is 1. The van der Waals surface area contributed by atoms with Crippen molar-refractivity contribution in [1.82, 2.24) is 24.5 Å². The number of hydrogen-bond acceptors (Lipinski definition) is 5. The summed E-state index contributed by atoms with van der Waals surface area (Å²) in [6, 6.07) is 7.32. The van der Waals surface area contributed by atoms with Gasteiger partial charge in [-0.1, -0.05) is 23.7 Å². The van der Waals surface area contributed by atoms with Crippen LogP contribution in [0.4, 0.5) is 5.95 Å². The molecule has 2 heterocycles. The first-order valence-electron chi connectivity index (χ1n) is 6.58. The van der Waals surface area contributed by atoms with Gasteiger partial charge in [0.2, 0.25) is 0 Å². The van der Waals surface area contributed by atoms with Crippen LogP contribution in [0, 0.1) is 0 Å². The van der Waals surface area contributed by atoms with Gasteiger partial charge in [-0.15, -0.1) is 5.10 Å². The van der Waals surface area contributed by atoms with Crippen LogP contribution in [0.5, 0.6) is 0 Å². The minimum atomic E-state index is -3.75. The molecule has 0 saturated heterocycles. The van der Waals surface area contributed by atoms with Crippen LogP contribution in [-0.2, 0) is 23.6 Å². The number of sulfonamides is 1. The third-order valence-corrected chi connectivity index (χ3v) is 4.51. The molecule has 2 aromatic heterocycles. The molecule has 0 unspecified atom stereocenters. The minimum absolute atomic E-state index is 0.00381. The van der Waals surface area contributed by atoms with Gasteiger partial charge in [-0.3, -0.25) is 4.68 Å². The molecule has 0 bridgehead atoms. The summed E-state index contributed by atoms with van der Waals surface area (Å²) in [4.78, 5) is 4.00. The lowest BCUT2D eigenvalue weighted by molar-refractivity contribution is 0.600. The van der Waals surface area contributed by atoms with Gasteiger partial charge in [0, 0.05) is 18.3 Å². The molecule has 120 valence electrons. The fourth-order valence-electron chi connectivity index (χ4n) is 1.96. The van der Waals surface area contributed by atoms with Gasteiger partial charge in [0.25, 0.3) is 16.0 Å². The molecule has 0 aliphatic rings. The Morgan fingerprint density at radius 3 is 2.87 bits per heavy atom. The van der Waals surface area contributed by atoms with E-state index in [1.807, 2.05) is 18.2 Å². The molecule has 23 heavy (non-hydrogen) atoms. The normalized spacial score (nSPS) is 11.6. The SMILES string of the molecule is Cn1cc(S(=O)(=O)Nc2ncn(Cc3cccc(Cl)c3)n2)cn1. The first kappa shape index (κ1) is 15.5. The lowest BCUT2D eigenvalue weighted by atomic mass is 10.2. The van der Waals surface area contributed by atoms with Crippen LogP contribution in [0.15, 0.2) is 47.9 Å². The zero-order valence-electron chi connectivity index (χ0n) is 12.1. The molecule has 0 aliphatic carbocycles. The quantitative estimate of drug-likeness (QED) is 0.751. The number of aromatic nitrogens is 5. The van der Waals surface area contributed by atoms with Crippen molar-refractivity contribution < 1.29 is 8.42 Å². The van der Waals surface area contributed by atoms with E-state index in [0.717, 1.165) is 5.56 Å². The van der Waals surface area contributed by atoms with Crippen molar-refractivity contribution >= 4 is 27.6 Å². The summed E-state index contributed by atoms with van der Waals surface area (Å²) in [7, 11) is -2.12. The molecule has 1 N–H and O–H groups in total. The van der Waals surface area contributed by atoms with Crippen molar-refractivity contribution in [2.75, 3.05) is 4.72 Å². The van der Waals surface area contributed by atoms with Crippen LogP contribution in [-0.4, -0.2) is 33.0 Å². The largest absolute Gasteiger partial charge is 0.274 e.